The molecule has 1 atom stereocenters. The lowest BCUT2D eigenvalue weighted by molar-refractivity contribution is 0.310. The zero-order valence-corrected chi connectivity index (χ0v) is 12.2. The number of aromatic nitrogens is 1. The normalized spacial score (nSPS) is 18.8. The standard InChI is InChI=1S/C16H26N2O/c1-3-17-15(13-9-6-4-5-7-10-13)16-14(19-2)11-8-12-18-16/h8,11-13,15,17H,3-7,9-10H2,1-2H3. The van der Waals surface area contributed by atoms with Gasteiger partial charge in [0.15, 0.2) is 0 Å². The Labute approximate surface area is 116 Å². The second kappa shape index (κ2) is 7.49. The molecule has 0 radical (unpaired) electrons. The Hall–Kier alpha value is -1.09. The summed E-state index contributed by atoms with van der Waals surface area (Å²) in [6.07, 6.45) is 9.94. The minimum Gasteiger partial charge on any atom is -0.495 e. The van der Waals surface area contributed by atoms with Crippen LogP contribution in [-0.4, -0.2) is 18.6 Å². The Balaban J connectivity index is 2.22. The van der Waals surface area contributed by atoms with E-state index in [1.165, 1.54) is 38.5 Å². The van der Waals surface area contributed by atoms with E-state index in [0.717, 1.165) is 18.0 Å². The van der Waals surface area contributed by atoms with Crippen LogP contribution >= 0.6 is 0 Å². The van der Waals surface area contributed by atoms with Gasteiger partial charge in [0, 0.05) is 6.20 Å². The van der Waals surface area contributed by atoms with Gasteiger partial charge in [-0.1, -0.05) is 32.6 Å². The van der Waals surface area contributed by atoms with E-state index in [0.29, 0.717) is 12.0 Å². The topological polar surface area (TPSA) is 34.2 Å². The predicted octanol–water partition coefficient (Wildman–Crippen LogP) is 3.71. The smallest absolute Gasteiger partial charge is 0.141 e. The lowest BCUT2D eigenvalue weighted by Gasteiger charge is -2.27. The van der Waals surface area contributed by atoms with Crippen molar-refractivity contribution in [2.75, 3.05) is 13.7 Å². The first-order valence-electron chi connectivity index (χ1n) is 7.59. The van der Waals surface area contributed by atoms with Crippen LogP contribution in [0.5, 0.6) is 5.75 Å². The van der Waals surface area contributed by atoms with Crippen LogP contribution in [0.1, 0.15) is 57.2 Å². The highest BCUT2D eigenvalue weighted by molar-refractivity contribution is 5.30. The summed E-state index contributed by atoms with van der Waals surface area (Å²) in [5.74, 6) is 1.60. The fraction of sp³-hybridized carbons (Fsp3) is 0.688. The third kappa shape index (κ3) is 3.69. The maximum absolute atomic E-state index is 5.49. The molecule has 0 saturated heterocycles. The molecule has 1 aliphatic rings. The first-order valence-corrected chi connectivity index (χ1v) is 7.59. The molecule has 3 nitrogen and oxygen atoms in total. The second-order valence-corrected chi connectivity index (χ2v) is 5.38. The number of methoxy groups -OCH3 is 1. The van der Waals surface area contributed by atoms with E-state index >= 15 is 0 Å². The highest BCUT2D eigenvalue weighted by Gasteiger charge is 2.26. The van der Waals surface area contributed by atoms with Crippen molar-refractivity contribution >= 4 is 0 Å². The Morgan fingerprint density at radius 1 is 1.32 bits per heavy atom. The summed E-state index contributed by atoms with van der Waals surface area (Å²) in [4.78, 5) is 4.59. The molecule has 19 heavy (non-hydrogen) atoms. The molecule has 0 amide bonds. The summed E-state index contributed by atoms with van der Waals surface area (Å²) < 4.78 is 5.49. The van der Waals surface area contributed by atoms with Crippen molar-refractivity contribution in [3.63, 3.8) is 0 Å². The second-order valence-electron chi connectivity index (χ2n) is 5.38. The first-order chi connectivity index (χ1) is 9.36. The van der Waals surface area contributed by atoms with Crippen LogP contribution in [0, 0.1) is 5.92 Å². The average Bonchev–Trinajstić information content (AvgIpc) is 2.74. The zero-order chi connectivity index (χ0) is 13.5. The third-order valence-electron chi connectivity index (χ3n) is 4.11. The molecule has 0 bridgehead atoms. The summed E-state index contributed by atoms with van der Waals surface area (Å²) in [5, 5.41) is 3.63. The molecule has 106 valence electrons. The quantitative estimate of drug-likeness (QED) is 0.821. The van der Waals surface area contributed by atoms with Gasteiger partial charge in [0.1, 0.15) is 5.75 Å². The van der Waals surface area contributed by atoms with Crippen LogP contribution in [0.3, 0.4) is 0 Å². The van der Waals surface area contributed by atoms with E-state index in [4.69, 9.17) is 4.74 Å². The molecule has 3 heteroatoms. The molecule has 1 heterocycles. The van der Waals surface area contributed by atoms with E-state index in [1.807, 2.05) is 18.3 Å². The molecular weight excluding hydrogens is 236 g/mol. The lowest BCUT2D eigenvalue weighted by atomic mass is 9.89. The molecule has 1 N–H and O–H groups in total. The lowest BCUT2D eigenvalue weighted by Crippen LogP contribution is -2.29. The average molecular weight is 262 g/mol. The van der Waals surface area contributed by atoms with Gasteiger partial charge in [-0.25, -0.2) is 0 Å². The van der Waals surface area contributed by atoms with Crippen molar-refractivity contribution < 1.29 is 4.74 Å². The monoisotopic (exact) mass is 262 g/mol. The van der Waals surface area contributed by atoms with Crippen LogP contribution in [-0.2, 0) is 0 Å². The van der Waals surface area contributed by atoms with Gasteiger partial charge in [0.2, 0.25) is 0 Å². The van der Waals surface area contributed by atoms with Crippen LogP contribution in [0.25, 0.3) is 0 Å². The van der Waals surface area contributed by atoms with Gasteiger partial charge < -0.3 is 10.1 Å². The molecule has 1 unspecified atom stereocenters. The van der Waals surface area contributed by atoms with E-state index in [2.05, 4.69) is 17.2 Å². The van der Waals surface area contributed by atoms with Gasteiger partial charge in [0.05, 0.1) is 18.8 Å². The zero-order valence-electron chi connectivity index (χ0n) is 12.2. The van der Waals surface area contributed by atoms with E-state index in [9.17, 15) is 0 Å². The van der Waals surface area contributed by atoms with Gasteiger partial charge in [-0.2, -0.15) is 0 Å². The van der Waals surface area contributed by atoms with Crippen molar-refractivity contribution in [1.82, 2.24) is 10.3 Å². The maximum Gasteiger partial charge on any atom is 0.141 e. The number of hydrogen-bond acceptors (Lipinski definition) is 3. The summed E-state index contributed by atoms with van der Waals surface area (Å²) in [7, 11) is 1.73. The molecule has 0 spiro atoms. The highest BCUT2D eigenvalue weighted by atomic mass is 16.5. The van der Waals surface area contributed by atoms with Crippen LogP contribution in [0.2, 0.25) is 0 Å². The number of rotatable bonds is 5. The molecular formula is C16H26N2O. The number of ether oxygens (including phenoxy) is 1. The van der Waals surface area contributed by atoms with E-state index < -0.39 is 0 Å². The molecule has 1 saturated carbocycles. The fourth-order valence-corrected chi connectivity index (χ4v) is 3.16. The molecule has 1 aromatic heterocycles. The number of pyridine rings is 1. The Bertz CT molecular complexity index is 373. The maximum atomic E-state index is 5.49. The molecule has 2 rings (SSSR count). The van der Waals surface area contributed by atoms with Crippen LogP contribution in [0.15, 0.2) is 18.3 Å². The Morgan fingerprint density at radius 2 is 2.05 bits per heavy atom. The van der Waals surface area contributed by atoms with Crippen LogP contribution < -0.4 is 10.1 Å². The van der Waals surface area contributed by atoms with Crippen molar-refractivity contribution in [2.45, 2.75) is 51.5 Å². The van der Waals surface area contributed by atoms with Crippen LogP contribution in [0.4, 0.5) is 0 Å². The van der Waals surface area contributed by atoms with Gasteiger partial charge in [0.25, 0.3) is 0 Å². The van der Waals surface area contributed by atoms with E-state index in [-0.39, 0.29) is 0 Å². The third-order valence-corrected chi connectivity index (χ3v) is 4.11. The molecule has 1 aromatic rings. The Morgan fingerprint density at radius 3 is 2.68 bits per heavy atom. The minimum atomic E-state index is 0.333. The molecule has 1 aliphatic carbocycles. The fourth-order valence-electron chi connectivity index (χ4n) is 3.16. The first kappa shape index (κ1) is 14.3. The van der Waals surface area contributed by atoms with Crippen molar-refractivity contribution in [2.24, 2.45) is 5.92 Å². The van der Waals surface area contributed by atoms with Gasteiger partial charge in [-0.05, 0) is 37.4 Å². The summed E-state index contributed by atoms with van der Waals surface area (Å²) in [6, 6.07) is 4.29. The molecule has 0 aromatic carbocycles. The summed E-state index contributed by atoms with van der Waals surface area (Å²) >= 11 is 0. The van der Waals surface area contributed by atoms with E-state index in [1.54, 1.807) is 7.11 Å². The predicted molar refractivity (Wildman–Crippen MR) is 78.4 cm³/mol. The Kier molecular flexibility index (Phi) is 5.64. The number of hydrogen-bond donors (Lipinski definition) is 1. The highest BCUT2D eigenvalue weighted by Crippen LogP contribution is 2.35. The summed E-state index contributed by atoms with van der Waals surface area (Å²) in [5.41, 5.74) is 1.08. The number of nitrogens with one attached hydrogen (secondary N) is 1. The van der Waals surface area contributed by atoms with Gasteiger partial charge in [-0.3, -0.25) is 4.98 Å². The molecule has 1 fully saturated rings. The van der Waals surface area contributed by atoms with Crippen molar-refractivity contribution in [3.8, 4) is 5.75 Å². The summed E-state index contributed by atoms with van der Waals surface area (Å²) in [6.45, 7) is 3.14. The van der Waals surface area contributed by atoms with Gasteiger partial charge >= 0.3 is 0 Å². The minimum absolute atomic E-state index is 0.333. The van der Waals surface area contributed by atoms with Gasteiger partial charge in [-0.15, -0.1) is 0 Å². The molecule has 0 aliphatic heterocycles. The van der Waals surface area contributed by atoms with Crippen molar-refractivity contribution in [1.29, 1.82) is 0 Å². The largest absolute Gasteiger partial charge is 0.495 e. The van der Waals surface area contributed by atoms with Crippen molar-refractivity contribution in [3.05, 3.63) is 24.0 Å². The number of nitrogens with zero attached hydrogens (tertiary/aromatic N) is 1. The SMILES string of the molecule is CCNC(c1ncccc1OC)C1CCCCCC1.